The van der Waals surface area contributed by atoms with Crippen LogP contribution in [0.3, 0.4) is 0 Å². The second-order valence-electron chi connectivity index (χ2n) is 4.42. The van der Waals surface area contributed by atoms with Crippen molar-refractivity contribution in [2.75, 3.05) is 19.8 Å². The van der Waals surface area contributed by atoms with Crippen LogP contribution in [-0.4, -0.2) is 31.5 Å². The van der Waals surface area contributed by atoms with Gasteiger partial charge in [-0.2, -0.15) is 0 Å². The Hall–Kier alpha value is -0.120. The van der Waals surface area contributed by atoms with Gasteiger partial charge in [0.05, 0.1) is 11.7 Å². The highest BCUT2D eigenvalue weighted by molar-refractivity contribution is 4.68. The number of nitrogens with two attached hydrogens (primary N) is 1. The molecule has 0 aromatic carbocycles. The van der Waals surface area contributed by atoms with Crippen molar-refractivity contribution in [3.05, 3.63) is 0 Å². The molecule has 0 aliphatic carbocycles. The van der Waals surface area contributed by atoms with E-state index in [1.54, 1.807) is 0 Å². The lowest BCUT2D eigenvalue weighted by Crippen LogP contribution is -2.28. The average Bonchev–Trinajstić information content (AvgIpc) is 2.03. The Bertz CT molecular complexity index is 135. The highest BCUT2D eigenvalue weighted by Gasteiger charge is 2.17. The van der Waals surface area contributed by atoms with Crippen LogP contribution in [0.15, 0.2) is 0 Å². The standard InChI is InChI=1S/C11H25NO2/c1-10(2)13-9-6-11(3,4)14-8-5-7-12/h10H,5-9,12H2,1-4H3. The highest BCUT2D eigenvalue weighted by Crippen LogP contribution is 2.14. The zero-order chi connectivity index (χ0) is 11.0. The smallest absolute Gasteiger partial charge is 0.0648 e. The van der Waals surface area contributed by atoms with Gasteiger partial charge in [0.1, 0.15) is 0 Å². The second kappa shape index (κ2) is 7.21. The van der Waals surface area contributed by atoms with Crippen LogP contribution in [0.4, 0.5) is 0 Å². The summed E-state index contributed by atoms with van der Waals surface area (Å²) in [5.41, 5.74) is 5.30. The van der Waals surface area contributed by atoms with Gasteiger partial charge in [-0.3, -0.25) is 0 Å². The molecule has 0 aliphatic rings. The summed E-state index contributed by atoms with van der Waals surface area (Å²) in [5, 5.41) is 0. The van der Waals surface area contributed by atoms with Crippen LogP contribution in [0.25, 0.3) is 0 Å². The fourth-order valence-corrected chi connectivity index (χ4v) is 1.04. The molecule has 0 unspecified atom stereocenters. The normalized spacial score (nSPS) is 12.4. The molecule has 86 valence electrons. The molecule has 0 atom stereocenters. The summed E-state index contributed by atoms with van der Waals surface area (Å²) in [4.78, 5) is 0. The minimum atomic E-state index is -0.0932. The third-order valence-corrected chi connectivity index (χ3v) is 2.00. The molecule has 0 aromatic heterocycles. The number of hydrogen-bond donors (Lipinski definition) is 1. The van der Waals surface area contributed by atoms with Gasteiger partial charge in [0, 0.05) is 13.2 Å². The highest BCUT2D eigenvalue weighted by atomic mass is 16.5. The van der Waals surface area contributed by atoms with Crippen molar-refractivity contribution in [2.45, 2.75) is 52.2 Å². The van der Waals surface area contributed by atoms with Gasteiger partial charge < -0.3 is 15.2 Å². The van der Waals surface area contributed by atoms with E-state index >= 15 is 0 Å². The third kappa shape index (κ3) is 8.48. The summed E-state index contributed by atoms with van der Waals surface area (Å²) in [6.07, 6.45) is 2.15. The van der Waals surface area contributed by atoms with Crippen LogP contribution >= 0.6 is 0 Å². The monoisotopic (exact) mass is 203 g/mol. The van der Waals surface area contributed by atoms with Gasteiger partial charge in [0.2, 0.25) is 0 Å². The molecule has 0 radical (unpaired) electrons. The quantitative estimate of drug-likeness (QED) is 0.613. The van der Waals surface area contributed by atoms with Gasteiger partial charge >= 0.3 is 0 Å². The minimum absolute atomic E-state index is 0.0932. The van der Waals surface area contributed by atoms with Crippen LogP contribution in [0.1, 0.15) is 40.5 Å². The molecule has 0 heterocycles. The Morgan fingerprint density at radius 1 is 1.21 bits per heavy atom. The van der Waals surface area contributed by atoms with E-state index in [4.69, 9.17) is 15.2 Å². The Morgan fingerprint density at radius 3 is 2.36 bits per heavy atom. The lowest BCUT2D eigenvalue weighted by molar-refractivity contribution is -0.0473. The van der Waals surface area contributed by atoms with Gasteiger partial charge in [-0.25, -0.2) is 0 Å². The lowest BCUT2D eigenvalue weighted by atomic mass is 10.1. The minimum Gasteiger partial charge on any atom is -0.379 e. The molecule has 0 rings (SSSR count). The van der Waals surface area contributed by atoms with E-state index in [0.717, 1.165) is 26.1 Å². The number of rotatable bonds is 8. The molecule has 0 saturated heterocycles. The number of ether oxygens (including phenoxy) is 2. The molecule has 0 bridgehead atoms. The summed E-state index contributed by atoms with van der Waals surface area (Å²) in [6, 6.07) is 0. The molecular weight excluding hydrogens is 178 g/mol. The second-order valence-corrected chi connectivity index (χ2v) is 4.42. The van der Waals surface area contributed by atoms with E-state index < -0.39 is 0 Å². The molecule has 0 spiro atoms. The van der Waals surface area contributed by atoms with Crippen molar-refractivity contribution >= 4 is 0 Å². The van der Waals surface area contributed by atoms with Crippen molar-refractivity contribution in [3.8, 4) is 0 Å². The maximum atomic E-state index is 5.69. The molecule has 0 amide bonds. The van der Waals surface area contributed by atoms with Crippen molar-refractivity contribution in [3.63, 3.8) is 0 Å². The summed E-state index contributed by atoms with van der Waals surface area (Å²) < 4.78 is 11.2. The van der Waals surface area contributed by atoms with Crippen LogP contribution in [0, 0.1) is 0 Å². The van der Waals surface area contributed by atoms with E-state index in [2.05, 4.69) is 13.8 Å². The summed E-state index contributed by atoms with van der Waals surface area (Å²) in [6.45, 7) is 10.5. The largest absolute Gasteiger partial charge is 0.379 e. The first-order valence-electron chi connectivity index (χ1n) is 5.43. The lowest BCUT2D eigenvalue weighted by Gasteiger charge is -2.25. The zero-order valence-electron chi connectivity index (χ0n) is 10.0. The summed E-state index contributed by atoms with van der Waals surface area (Å²) in [7, 11) is 0. The molecule has 0 saturated carbocycles. The Morgan fingerprint density at radius 2 is 1.86 bits per heavy atom. The molecule has 3 nitrogen and oxygen atoms in total. The molecule has 3 heteroatoms. The Labute approximate surface area is 88.0 Å². The molecule has 0 aromatic rings. The van der Waals surface area contributed by atoms with Gasteiger partial charge in [-0.1, -0.05) is 0 Å². The molecular formula is C11H25NO2. The first-order chi connectivity index (χ1) is 6.48. The summed E-state index contributed by atoms with van der Waals surface area (Å²) in [5.74, 6) is 0. The van der Waals surface area contributed by atoms with Gasteiger partial charge in [0.15, 0.2) is 0 Å². The Balaban J connectivity index is 3.50. The fraction of sp³-hybridized carbons (Fsp3) is 1.00. The van der Waals surface area contributed by atoms with E-state index in [1.807, 2.05) is 13.8 Å². The van der Waals surface area contributed by atoms with Crippen LogP contribution in [-0.2, 0) is 9.47 Å². The van der Waals surface area contributed by atoms with Crippen LogP contribution < -0.4 is 5.73 Å². The zero-order valence-corrected chi connectivity index (χ0v) is 10.0. The molecule has 0 fully saturated rings. The van der Waals surface area contributed by atoms with E-state index in [-0.39, 0.29) is 5.60 Å². The SMILES string of the molecule is CC(C)OCCC(C)(C)OCCCN. The first kappa shape index (κ1) is 13.9. The van der Waals surface area contributed by atoms with Crippen molar-refractivity contribution < 1.29 is 9.47 Å². The van der Waals surface area contributed by atoms with Gasteiger partial charge in [-0.05, 0) is 47.1 Å². The van der Waals surface area contributed by atoms with Crippen LogP contribution in [0.5, 0.6) is 0 Å². The fourth-order valence-electron chi connectivity index (χ4n) is 1.04. The summed E-state index contributed by atoms with van der Waals surface area (Å²) >= 11 is 0. The Kier molecular flexibility index (Phi) is 7.15. The van der Waals surface area contributed by atoms with Crippen LogP contribution in [0.2, 0.25) is 0 Å². The average molecular weight is 203 g/mol. The van der Waals surface area contributed by atoms with Gasteiger partial charge in [-0.15, -0.1) is 0 Å². The predicted molar refractivity (Wildman–Crippen MR) is 59.4 cm³/mol. The molecule has 0 aliphatic heterocycles. The van der Waals surface area contributed by atoms with E-state index in [9.17, 15) is 0 Å². The number of hydrogen-bond acceptors (Lipinski definition) is 3. The van der Waals surface area contributed by atoms with Crippen molar-refractivity contribution in [1.29, 1.82) is 0 Å². The van der Waals surface area contributed by atoms with Crippen molar-refractivity contribution in [1.82, 2.24) is 0 Å². The third-order valence-electron chi connectivity index (χ3n) is 2.00. The maximum absolute atomic E-state index is 5.69. The molecule has 2 N–H and O–H groups in total. The van der Waals surface area contributed by atoms with Gasteiger partial charge in [0.25, 0.3) is 0 Å². The van der Waals surface area contributed by atoms with Crippen molar-refractivity contribution in [2.24, 2.45) is 5.73 Å². The molecule has 14 heavy (non-hydrogen) atoms. The van der Waals surface area contributed by atoms with E-state index in [0.29, 0.717) is 12.6 Å². The topological polar surface area (TPSA) is 44.5 Å². The predicted octanol–water partition coefficient (Wildman–Crippen LogP) is 1.95. The first-order valence-corrected chi connectivity index (χ1v) is 5.43. The maximum Gasteiger partial charge on any atom is 0.0648 e. The van der Waals surface area contributed by atoms with E-state index in [1.165, 1.54) is 0 Å².